The van der Waals surface area contributed by atoms with Crippen LogP contribution in [0.25, 0.3) is 0 Å². The van der Waals surface area contributed by atoms with Crippen LogP contribution >= 0.6 is 11.9 Å². The van der Waals surface area contributed by atoms with E-state index in [0.717, 1.165) is 31.6 Å². The van der Waals surface area contributed by atoms with Crippen LogP contribution in [0.5, 0.6) is 0 Å². The molecule has 182 valence electrons. The third-order valence-electron chi connectivity index (χ3n) is 5.23. The molecular formula is C25H37FN4O2S. The number of hydrogen-bond acceptors (Lipinski definition) is 6. The molecule has 33 heavy (non-hydrogen) atoms. The molecule has 0 aromatic heterocycles. The molecule has 1 amide bonds. The van der Waals surface area contributed by atoms with Crippen LogP contribution in [0.4, 0.5) is 10.1 Å². The number of amides is 1. The summed E-state index contributed by atoms with van der Waals surface area (Å²) in [5.74, 6) is 4.20. The summed E-state index contributed by atoms with van der Waals surface area (Å²) in [5.41, 5.74) is 3.06. The van der Waals surface area contributed by atoms with Gasteiger partial charge in [0.1, 0.15) is 5.82 Å². The van der Waals surface area contributed by atoms with Crippen LogP contribution in [0.3, 0.4) is 0 Å². The van der Waals surface area contributed by atoms with Gasteiger partial charge in [0, 0.05) is 28.6 Å². The van der Waals surface area contributed by atoms with Gasteiger partial charge in [-0.15, -0.1) is 0 Å². The van der Waals surface area contributed by atoms with Crippen LogP contribution in [-0.4, -0.2) is 46.4 Å². The molecular weight excluding hydrogens is 439 g/mol. The van der Waals surface area contributed by atoms with E-state index < -0.39 is 17.3 Å². The largest absolute Gasteiger partial charge is 0.389 e. The molecule has 1 heterocycles. The first-order chi connectivity index (χ1) is 15.7. The Morgan fingerprint density at radius 3 is 2.39 bits per heavy atom. The second-order valence-corrected chi connectivity index (χ2v) is 9.86. The SMILES string of the molecule is CC.CC(C)(O)CN1CCC(SN(Cc2ccc(C(=O)NN)cc2F)c2ccccc2)CC1. The van der Waals surface area contributed by atoms with Gasteiger partial charge < -0.3 is 14.3 Å². The normalized spacial score (nSPS) is 14.9. The number of benzene rings is 2. The summed E-state index contributed by atoms with van der Waals surface area (Å²) in [7, 11) is 0. The average Bonchev–Trinajstić information content (AvgIpc) is 2.81. The number of nitrogens with one attached hydrogen (secondary N) is 1. The molecule has 2 aromatic carbocycles. The Bertz CT molecular complexity index is 868. The summed E-state index contributed by atoms with van der Waals surface area (Å²) >= 11 is 1.74. The van der Waals surface area contributed by atoms with Crippen LogP contribution in [-0.2, 0) is 6.54 Å². The maximum atomic E-state index is 14.7. The number of piperidine rings is 1. The fourth-order valence-electron chi connectivity index (χ4n) is 3.74. The fourth-order valence-corrected chi connectivity index (χ4v) is 4.98. The number of nitrogens with two attached hydrogens (primary N) is 1. The minimum Gasteiger partial charge on any atom is -0.389 e. The number of hydrogen-bond donors (Lipinski definition) is 3. The van der Waals surface area contributed by atoms with Crippen molar-refractivity contribution in [3.8, 4) is 0 Å². The van der Waals surface area contributed by atoms with Gasteiger partial charge in [0.15, 0.2) is 0 Å². The highest BCUT2D eigenvalue weighted by Gasteiger charge is 2.26. The highest BCUT2D eigenvalue weighted by atomic mass is 32.2. The number of nitrogens with zero attached hydrogens (tertiary/aromatic N) is 2. The van der Waals surface area contributed by atoms with Crippen molar-refractivity contribution in [3.63, 3.8) is 0 Å². The molecule has 0 bridgehead atoms. The Morgan fingerprint density at radius 2 is 1.85 bits per heavy atom. The Labute approximate surface area is 201 Å². The van der Waals surface area contributed by atoms with Crippen molar-refractivity contribution in [3.05, 3.63) is 65.5 Å². The number of β-amino-alcohol motifs (C(OH)–C–C–N with tert-alkyl or cyclic N) is 1. The predicted octanol–water partition coefficient (Wildman–Crippen LogP) is 4.35. The summed E-state index contributed by atoms with van der Waals surface area (Å²) in [5, 5.41) is 10.5. The Hall–Kier alpha value is -2.13. The molecule has 3 rings (SSSR count). The van der Waals surface area contributed by atoms with Gasteiger partial charge in [-0.3, -0.25) is 10.2 Å². The maximum absolute atomic E-state index is 14.7. The highest BCUT2D eigenvalue weighted by Crippen LogP contribution is 2.33. The molecule has 0 aliphatic carbocycles. The fraction of sp³-hybridized carbons (Fsp3) is 0.480. The summed E-state index contributed by atoms with van der Waals surface area (Å²) in [6.07, 6.45) is 2.00. The quantitative estimate of drug-likeness (QED) is 0.228. The monoisotopic (exact) mass is 476 g/mol. The number of rotatable bonds is 8. The van der Waals surface area contributed by atoms with Gasteiger partial charge in [0.25, 0.3) is 5.91 Å². The lowest BCUT2D eigenvalue weighted by atomic mass is 10.1. The van der Waals surface area contributed by atoms with Crippen molar-refractivity contribution >= 4 is 23.5 Å². The van der Waals surface area contributed by atoms with Crippen LogP contribution in [0.1, 0.15) is 56.5 Å². The van der Waals surface area contributed by atoms with Crippen molar-refractivity contribution in [2.45, 2.75) is 57.9 Å². The van der Waals surface area contributed by atoms with E-state index in [2.05, 4.69) is 9.21 Å². The number of para-hydroxylation sites is 1. The first-order valence-electron chi connectivity index (χ1n) is 11.5. The topological polar surface area (TPSA) is 81.8 Å². The van der Waals surface area contributed by atoms with Gasteiger partial charge in [0.2, 0.25) is 0 Å². The van der Waals surface area contributed by atoms with Crippen molar-refractivity contribution in [2.75, 3.05) is 23.9 Å². The first kappa shape index (κ1) is 27.1. The Morgan fingerprint density at radius 1 is 1.21 bits per heavy atom. The smallest absolute Gasteiger partial charge is 0.265 e. The molecule has 1 fully saturated rings. The van der Waals surface area contributed by atoms with E-state index in [1.54, 1.807) is 24.1 Å². The van der Waals surface area contributed by atoms with Crippen molar-refractivity contribution < 1.29 is 14.3 Å². The zero-order valence-electron chi connectivity index (χ0n) is 20.1. The summed E-state index contributed by atoms with van der Waals surface area (Å²) in [6.45, 7) is 10.6. The van der Waals surface area contributed by atoms with Gasteiger partial charge in [-0.05, 0) is 76.0 Å². The number of halogens is 1. The van der Waals surface area contributed by atoms with Crippen LogP contribution in [0.2, 0.25) is 0 Å². The van der Waals surface area contributed by atoms with Gasteiger partial charge in [-0.25, -0.2) is 10.2 Å². The van der Waals surface area contributed by atoms with E-state index in [9.17, 15) is 14.3 Å². The molecule has 1 aliphatic heterocycles. The Balaban J connectivity index is 0.00000187. The average molecular weight is 477 g/mol. The second kappa shape index (κ2) is 12.9. The van der Waals surface area contributed by atoms with E-state index in [-0.39, 0.29) is 5.56 Å². The van der Waals surface area contributed by atoms with Crippen molar-refractivity contribution in [1.82, 2.24) is 10.3 Å². The molecule has 1 saturated heterocycles. The zero-order valence-corrected chi connectivity index (χ0v) is 20.9. The van der Waals surface area contributed by atoms with Crippen molar-refractivity contribution in [2.24, 2.45) is 5.84 Å². The molecule has 0 radical (unpaired) electrons. The van der Waals surface area contributed by atoms with E-state index in [1.807, 2.05) is 63.5 Å². The highest BCUT2D eigenvalue weighted by molar-refractivity contribution is 8.01. The second-order valence-electron chi connectivity index (χ2n) is 8.55. The summed E-state index contributed by atoms with van der Waals surface area (Å²) < 4.78 is 16.8. The summed E-state index contributed by atoms with van der Waals surface area (Å²) in [6, 6.07) is 14.4. The van der Waals surface area contributed by atoms with Crippen LogP contribution in [0.15, 0.2) is 48.5 Å². The van der Waals surface area contributed by atoms with Crippen molar-refractivity contribution in [1.29, 1.82) is 0 Å². The molecule has 2 aromatic rings. The van der Waals surface area contributed by atoms with E-state index >= 15 is 0 Å². The van der Waals surface area contributed by atoms with E-state index in [0.29, 0.717) is 23.9 Å². The number of aliphatic hydroxyl groups is 1. The van der Waals surface area contributed by atoms with Gasteiger partial charge in [0.05, 0.1) is 12.1 Å². The zero-order chi connectivity index (χ0) is 24.4. The molecule has 8 heteroatoms. The standard InChI is InChI=1S/C23H31FN4O2S.C2H6/c1-23(2,30)16-27-12-10-20(11-13-27)31-28(19-6-4-3-5-7-19)15-18-9-8-17(14-21(18)24)22(29)26-25;1-2/h3-9,14,20,30H,10-13,15-16,25H2,1-2H3,(H,26,29);1-2H3. The lowest BCUT2D eigenvalue weighted by Crippen LogP contribution is -2.43. The number of carbonyl (C=O) groups is 1. The third kappa shape index (κ3) is 8.62. The molecule has 0 spiro atoms. The molecule has 4 N–H and O–H groups in total. The molecule has 6 nitrogen and oxygen atoms in total. The number of nitrogen functional groups attached to an aromatic ring is 1. The van der Waals surface area contributed by atoms with E-state index in [4.69, 9.17) is 5.84 Å². The number of hydrazine groups is 1. The number of carbonyl (C=O) groups excluding carboxylic acids is 1. The Kier molecular flexibility index (Phi) is 10.6. The predicted molar refractivity (Wildman–Crippen MR) is 135 cm³/mol. The number of anilines is 1. The van der Waals surface area contributed by atoms with Gasteiger partial charge in [-0.2, -0.15) is 0 Å². The van der Waals surface area contributed by atoms with Gasteiger partial charge in [-0.1, -0.05) is 38.1 Å². The lowest BCUT2D eigenvalue weighted by Gasteiger charge is -2.37. The summed E-state index contributed by atoms with van der Waals surface area (Å²) in [4.78, 5) is 14.0. The molecule has 1 aliphatic rings. The van der Waals surface area contributed by atoms with Crippen LogP contribution < -0.4 is 15.6 Å². The molecule has 0 saturated carbocycles. The van der Waals surface area contributed by atoms with Crippen LogP contribution in [0, 0.1) is 5.82 Å². The molecule has 0 unspecified atom stereocenters. The van der Waals surface area contributed by atoms with Gasteiger partial charge >= 0.3 is 0 Å². The van der Waals surface area contributed by atoms with E-state index in [1.165, 1.54) is 6.07 Å². The minimum absolute atomic E-state index is 0.196. The maximum Gasteiger partial charge on any atom is 0.265 e. The molecule has 0 atom stereocenters. The first-order valence-corrected chi connectivity index (χ1v) is 12.3. The number of likely N-dealkylation sites (tertiary alicyclic amines) is 1. The minimum atomic E-state index is -0.694. The lowest BCUT2D eigenvalue weighted by molar-refractivity contribution is 0.0307. The third-order valence-corrected chi connectivity index (χ3v) is 6.59.